The summed E-state index contributed by atoms with van der Waals surface area (Å²) in [5.41, 5.74) is 0. The summed E-state index contributed by atoms with van der Waals surface area (Å²) in [5, 5.41) is 0.474. The molecule has 0 bridgehead atoms. The molecule has 1 unspecified atom stereocenters. The van der Waals surface area contributed by atoms with E-state index < -0.39 is 0 Å². The van der Waals surface area contributed by atoms with Gasteiger partial charge in [0.05, 0.1) is 0 Å². The van der Waals surface area contributed by atoms with Gasteiger partial charge in [0.15, 0.2) is 0 Å². The maximum absolute atomic E-state index is 6.13. The van der Waals surface area contributed by atoms with Crippen LogP contribution in [-0.2, 0) is 0 Å². The van der Waals surface area contributed by atoms with Gasteiger partial charge in [0.2, 0.25) is 0 Å². The first-order chi connectivity index (χ1) is 7.24. The minimum absolute atomic E-state index is 0.474. The fourth-order valence-electron chi connectivity index (χ4n) is 3.12. The predicted molar refractivity (Wildman–Crippen MR) is 66.4 cm³/mol. The molecule has 1 aliphatic heterocycles. The molecule has 2 fully saturated rings. The van der Waals surface area contributed by atoms with Crippen LogP contribution in [0.15, 0.2) is 0 Å². The molecular formula is C13H24ClN. The lowest BCUT2D eigenvalue weighted by Crippen LogP contribution is -2.38. The summed E-state index contributed by atoms with van der Waals surface area (Å²) in [5.74, 6) is 1.86. The van der Waals surface area contributed by atoms with Crippen LogP contribution in [0.5, 0.6) is 0 Å². The van der Waals surface area contributed by atoms with E-state index in [0.717, 1.165) is 11.8 Å². The van der Waals surface area contributed by atoms with Crippen LogP contribution >= 0.6 is 11.6 Å². The van der Waals surface area contributed by atoms with E-state index in [0.29, 0.717) is 5.38 Å². The molecule has 1 saturated carbocycles. The molecule has 15 heavy (non-hydrogen) atoms. The second-order valence-corrected chi connectivity index (χ2v) is 6.24. The molecule has 1 aliphatic carbocycles. The summed E-state index contributed by atoms with van der Waals surface area (Å²) >= 11 is 6.13. The highest BCUT2D eigenvalue weighted by Crippen LogP contribution is 2.29. The Morgan fingerprint density at radius 3 is 2.53 bits per heavy atom. The van der Waals surface area contributed by atoms with Gasteiger partial charge in [-0.2, -0.15) is 0 Å². The van der Waals surface area contributed by atoms with E-state index >= 15 is 0 Å². The molecule has 2 aliphatic rings. The number of rotatable bonds is 2. The van der Waals surface area contributed by atoms with Crippen molar-refractivity contribution in [3.63, 3.8) is 0 Å². The van der Waals surface area contributed by atoms with Gasteiger partial charge in [-0.15, -0.1) is 11.6 Å². The van der Waals surface area contributed by atoms with E-state index in [1.165, 1.54) is 58.2 Å². The summed E-state index contributed by atoms with van der Waals surface area (Å²) in [6, 6.07) is 0. The fourth-order valence-corrected chi connectivity index (χ4v) is 3.37. The molecule has 0 N–H and O–H groups in total. The van der Waals surface area contributed by atoms with Crippen LogP contribution in [-0.4, -0.2) is 29.9 Å². The summed E-state index contributed by atoms with van der Waals surface area (Å²) in [4.78, 5) is 2.69. The van der Waals surface area contributed by atoms with Gasteiger partial charge < -0.3 is 4.90 Å². The molecule has 2 heteroatoms. The molecule has 2 rings (SSSR count). The van der Waals surface area contributed by atoms with E-state index in [1.54, 1.807) is 0 Å². The highest BCUT2D eigenvalue weighted by molar-refractivity contribution is 6.20. The lowest BCUT2D eigenvalue weighted by molar-refractivity contribution is 0.144. The summed E-state index contributed by atoms with van der Waals surface area (Å²) in [6.45, 7) is 6.40. The van der Waals surface area contributed by atoms with Gasteiger partial charge in [0.1, 0.15) is 0 Å². The molecule has 1 saturated heterocycles. The monoisotopic (exact) mass is 229 g/mol. The van der Waals surface area contributed by atoms with Gasteiger partial charge in [0, 0.05) is 18.5 Å². The van der Waals surface area contributed by atoms with Crippen molar-refractivity contribution in [1.29, 1.82) is 0 Å². The lowest BCUT2D eigenvalue weighted by Gasteiger charge is -2.35. The number of nitrogens with zero attached hydrogens (tertiary/aromatic N) is 1. The highest BCUT2D eigenvalue weighted by atomic mass is 35.5. The first-order valence-corrected chi connectivity index (χ1v) is 7.04. The van der Waals surface area contributed by atoms with Gasteiger partial charge >= 0.3 is 0 Å². The Bertz CT molecular complexity index is 187. The fraction of sp³-hybridized carbons (Fsp3) is 1.00. The standard InChI is InChI=1S/C13H24ClN/c1-11-3-2-8-15(9-11)10-12-4-6-13(14)7-5-12/h11-13H,2-10H2,1H3. The van der Waals surface area contributed by atoms with Gasteiger partial charge in [-0.1, -0.05) is 6.92 Å². The minimum atomic E-state index is 0.474. The molecule has 0 aromatic carbocycles. The van der Waals surface area contributed by atoms with Crippen LogP contribution in [0.25, 0.3) is 0 Å². The Labute approximate surface area is 99.2 Å². The number of likely N-dealkylation sites (tertiary alicyclic amines) is 1. The number of hydrogen-bond acceptors (Lipinski definition) is 1. The van der Waals surface area contributed by atoms with Crippen LogP contribution in [0, 0.1) is 11.8 Å². The van der Waals surface area contributed by atoms with Crippen LogP contribution in [0.3, 0.4) is 0 Å². The molecule has 0 spiro atoms. The summed E-state index contributed by atoms with van der Waals surface area (Å²) in [6.07, 6.45) is 8.06. The normalized spacial score (nSPS) is 39.2. The third kappa shape index (κ3) is 3.64. The van der Waals surface area contributed by atoms with Crippen molar-refractivity contribution in [2.45, 2.75) is 50.8 Å². The van der Waals surface area contributed by atoms with Gasteiger partial charge in [-0.25, -0.2) is 0 Å². The van der Waals surface area contributed by atoms with Gasteiger partial charge in [-0.05, 0) is 56.9 Å². The number of halogens is 1. The zero-order chi connectivity index (χ0) is 10.7. The van der Waals surface area contributed by atoms with Crippen molar-refractivity contribution >= 4 is 11.6 Å². The Balaban J connectivity index is 1.71. The van der Waals surface area contributed by atoms with Crippen LogP contribution < -0.4 is 0 Å². The second-order valence-electron chi connectivity index (χ2n) is 5.62. The zero-order valence-corrected chi connectivity index (χ0v) is 10.7. The minimum Gasteiger partial charge on any atom is -0.303 e. The molecule has 1 nitrogen and oxygen atoms in total. The summed E-state index contributed by atoms with van der Waals surface area (Å²) < 4.78 is 0. The molecule has 88 valence electrons. The smallest absolute Gasteiger partial charge is 0.0336 e. The van der Waals surface area contributed by atoms with Gasteiger partial charge in [-0.3, -0.25) is 0 Å². The maximum Gasteiger partial charge on any atom is 0.0336 e. The van der Waals surface area contributed by atoms with E-state index in [9.17, 15) is 0 Å². The van der Waals surface area contributed by atoms with Crippen LogP contribution in [0.2, 0.25) is 0 Å². The Morgan fingerprint density at radius 1 is 1.13 bits per heavy atom. The molecule has 1 heterocycles. The van der Waals surface area contributed by atoms with Crippen molar-refractivity contribution in [3.8, 4) is 0 Å². The maximum atomic E-state index is 6.13. The Hall–Kier alpha value is 0.250. The third-order valence-electron chi connectivity index (χ3n) is 4.03. The van der Waals surface area contributed by atoms with Crippen molar-refractivity contribution in [2.24, 2.45) is 11.8 Å². The zero-order valence-electron chi connectivity index (χ0n) is 9.92. The van der Waals surface area contributed by atoms with E-state index in [1.807, 2.05) is 0 Å². The first-order valence-electron chi connectivity index (χ1n) is 6.60. The summed E-state index contributed by atoms with van der Waals surface area (Å²) in [7, 11) is 0. The van der Waals surface area contributed by atoms with Crippen LogP contribution in [0.1, 0.15) is 45.4 Å². The molecular weight excluding hydrogens is 206 g/mol. The van der Waals surface area contributed by atoms with Crippen molar-refractivity contribution in [3.05, 3.63) is 0 Å². The first kappa shape index (κ1) is 11.7. The quantitative estimate of drug-likeness (QED) is 0.655. The van der Waals surface area contributed by atoms with Crippen molar-refractivity contribution in [1.82, 2.24) is 4.90 Å². The largest absolute Gasteiger partial charge is 0.303 e. The number of hydrogen-bond donors (Lipinski definition) is 0. The van der Waals surface area contributed by atoms with Crippen molar-refractivity contribution < 1.29 is 0 Å². The van der Waals surface area contributed by atoms with E-state index in [-0.39, 0.29) is 0 Å². The topological polar surface area (TPSA) is 3.24 Å². The number of piperidine rings is 1. The van der Waals surface area contributed by atoms with Crippen LogP contribution in [0.4, 0.5) is 0 Å². The average molecular weight is 230 g/mol. The second kappa shape index (κ2) is 5.54. The van der Waals surface area contributed by atoms with E-state index in [4.69, 9.17) is 11.6 Å². The molecule has 0 radical (unpaired) electrons. The molecule has 0 aromatic heterocycles. The third-order valence-corrected chi connectivity index (χ3v) is 4.47. The molecule has 0 aromatic rings. The van der Waals surface area contributed by atoms with E-state index in [2.05, 4.69) is 11.8 Å². The average Bonchev–Trinajstić information content (AvgIpc) is 2.22. The molecule has 1 atom stereocenters. The van der Waals surface area contributed by atoms with Crippen molar-refractivity contribution in [2.75, 3.05) is 19.6 Å². The Morgan fingerprint density at radius 2 is 1.87 bits per heavy atom. The lowest BCUT2D eigenvalue weighted by atomic mass is 9.87. The van der Waals surface area contributed by atoms with Gasteiger partial charge in [0.25, 0.3) is 0 Å². The molecule has 0 amide bonds. The highest BCUT2D eigenvalue weighted by Gasteiger charge is 2.23. The number of alkyl halides is 1. The predicted octanol–water partition coefficient (Wildman–Crippen LogP) is 3.52. The Kier molecular flexibility index (Phi) is 4.33. The SMILES string of the molecule is CC1CCCN(CC2CCC(Cl)CC2)C1.